The largest absolute Gasteiger partial charge is 0.455 e. The molecule has 1 aromatic carbocycles. The van der Waals surface area contributed by atoms with Gasteiger partial charge in [-0.3, -0.25) is 9.59 Å². The van der Waals surface area contributed by atoms with Crippen molar-refractivity contribution in [2.75, 3.05) is 55.7 Å². The molecule has 48 heavy (non-hydrogen) atoms. The Bertz CT molecular complexity index is 1650. The number of nitrogens with one attached hydrogen (secondary N) is 1. The van der Waals surface area contributed by atoms with Gasteiger partial charge in [0, 0.05) is 49.4 Å². The number of amides is 1. The summed E-state index contributed by atoms with van der Waals surface area (Å²) in [6.07, 6.45) is -1.54. The van der Waals surface area contributed by atoms with Gasteiger partial charge in [0.15, 0.2) is 0 Å². The van der Waals surface area contributed by atoms with Crippen molar-refractivity contribution >= 4 is 52.3 Å². The number of carbonyl (C=O) groups is 2. The average Bonchev–Trinajstić information content (AvgIpc) is 3.04. The van der Waals surface area contributed by atoms with Crippen molar-refractivity contribution in [3.63, 3.8) is 0 Å². The van der Waals surface area contributed by atoms with Gasteiger partial charge in [0.2, 0.25) is 0 Å². The summed E-state index contributed by atoms with van der Waals surface area (Å²) in [7, 11) is 1.83. The highest BCUT2D eigenvalue weighted by molar-refractivity contribution is 6.36. The minimum atomic E-state index is -5.05. The molecule has 4 heterocycles. The monoisotopic (exact) mass is 705 g/mol. The number of nitrogen functional groups attached to an aromatic ring is 1. The highest BCUT2D eigenvalue weighted by Gasteiger charge is 2.40. The number of benzene rings is 1. The molecule has 1 atom stereocenters. The van der Waals surface area contributed by atoms with E-state index < -0.39 is 23.3 Å². The molecule has 0 aliphatic carbocycles. The predicted octanol–water partition coefficient (Wildman–Crippen LogP) is 7.05. The van der Waals surface area contributed by atoms with Crippen molar-refractivity contribution < 1.29 is 22.8 Å². The van der Waals surface area contributed by atoms with E-state index >= 15 is 0 Å². The van der Waals surface area contributed by atoms with Gasteiger partial charge in [0.25, 0.3) is 11.7 Å². The summed E-state index contributed by atoms with van der Waals surface area (Å²) in [6.45, 7) is 8.11. The predicted molar refractivity (Wildman–Crippen MR) is 184 cm³/mol. The van der Waals surface area contributed by atoms with Crippen molar-refractivity contribution in [2.45, 2.75) is 57.8 Å². The normalized spacial score (nSPS) is 17.9. The molecule has 2 fully saturated rings. The number of hydrogen-bond acceptors (Lipinski definition) is 8. The highest BCUT2D eigenvalue weighted by atomic mass is 35.5. The number of aromatic nitrogens is 2. The number of nitrogens with zero attached hydrogens (tertiary/aromatic N) is 5. The van der Waals surface area contributed by atoms with E-state index in [2.05, 4.69) is 29.0 Å². The Kier molecular flexibility index (Phi) is 11.1. The van der Waals surface area contributed by atoms with Crippen LogP contribution >= 0.6 is 23.2 Å². The van der Waals surface area contributed by atoms with Gasteiger partial charge in [-0.25, -0.2) is 9.97 Å². The molecule has 14 heteroatoms. The summed E-state index contributed by atoms with van der Waals surface area (Å²) in [6, 6.07) is 11.4. The van der Waals surface area contributed by atoms with E-state index in [1.165, 1.54) is 6.07 Å². The van der Waals surface area contributed by atoms with Crippen LogP contribution in [0.2, 0.25) is 10.0 Å². The lowest BCUT2D eigenvalue weighted by Crippen LogP contribution is -2.44. The van der Waals surface area contributed by atoms with Gasteiger partial charge in [-0.05, 0) is 101 Å². The Hall–Kier alpha value is -3.61. The van der Waals surface area contributed by atoms with E-state index in [1.807, 2.05) is 11.9 Å². The van der Waals surface area contributed by atoms with Crippen LogP contribution in [0.3, 0.4) is 0 Å². The molecule has 0 spiro atoms. The van der Waals surface area contributed by atoms with Gasteiger partial charge in [-0.1, -0.05) is 23.2 Å². The number of alkyl halides is 3. The molecule has 2 aromatic heterocycles. The zero-order valence-corrected chi connectivity index (χ0v) is 28.7. The van der Waals surface area contributed by atoms with Crippen molar-refractivity contribution in [2.24, 2.45) is 5.92 Å². The summed E-state index contributed by atoms with van der Waals surface area (Å²) in [5.41, 5.74) is 6.77. The maximum Gasteiger partial charge on any atom is 0.455 e. The molecule has 0 saturated carbocycles. The number of likely N-dealkylation sites (tertiary alicyclic amines) is 1. The Morgan fingerprint density at radius 2 is 1.73 bits per heavy atom. The fourth-order valence-corrected chi connectivity index (χ4v) is 6.93. The Morgan fingerprint density at radius 1 is 1.02 bits per heavy atom. The molecular weight excluding hydrogens is 666 g/mol. The van der Waals surface area contributed by atoms with Crippen LogP contribution < -0.4 is 16.0 Å². The number of rotatable bonds is 9. The molecule has 0 radical (unpaired) electrons. The van der Waals surface area contributed by atoms with Crippen molar-refractivity contribution in [3.05, 3.63) is 63.6 Å². The van der Waals surface area contributed by atoms with Gasteiger partial charge in [0.1, 0.15) is 17.5 Å². The van der Waals surface area contributed by atoms with E-state index in [0.717, 1.165) is 44.8 Å². The van der Waals surface area contributed by atoms with Crippen molar-refractivity contribution in [3.8, 4) is 11.3 Å². The number of nitrogens with two attached hydrogens (primary N) is 1. The van der Waals surface area contributed by atoms with Gasteiger partial charge in [-0.2, -0.15) is 13.2 Å². The number of halogens is 5. The van der Waals surface area contributed by atoms with E-state index in [-0.39, 0.29) is 17.8 Å². The minimum absolute atomic E-state index is 0.132. The Labute approximate surface area is 288 Å². The number of hydrogen-bond donors (Lipinski definition) is 2. The number of anilines is 3. The van der Waals surface area contributed by atoms with E-state index in [4.69, 9.17) is 33.9 Å². The topological polar surface area (TPSA) is 108 Å². The molecule has 2 aliphatic heterocycles. The molecule has 3 N–H and O–H groups in total. The second kappa shape index (κ2) is 14.9. The molecule has 5 rings (SSSR count). The van der Waals surface area contributed by atoms with Crippen LogP contribution in [0.5, 0.6) is 0 Å². The quantitative estimate of drug-likeness (QED) is 0.228. The fourth-order valence-electron chi connectivity index (χ4n) is 6.43. The van der Waals surface area contributed by atoms with E-state index in [0.29, 0.717) is 64.3 Å². The van der Waals surface area contributed by atoms with Crippen molar-refractivity contribution in [1.29, 1.82) is 0 Å². The van der Waals surface area contributed by atoms with Gasteiger partial charge >= 0.3 is 6.18 Å². The number of piperidine rings is 2. The Balaban J connectivity index is 1.39. The summed E-state index contributed by atoms with van der Waals surface area (Å²) >= 11 is 12.7. The van der Waals surface area contributed by atoms with Gasteiger partial charge in [0.05, 0.1) is 21.8 Å². The van der Waals surface area contributed by atoms with Crippen molar-refractivity contribution in [1.82, 2.24) is 19.8 Å². The second-order valence-corrected chi connectivity index (χ2v) is 13.7. The smallest absolute Gasteiger partial charge is 0.383 e. The molecule has 2 aliphatic rings. The first kappa shape index (κ1) is 35.7. The highest BCUT2D eigenvalue weighted by Crippen LogP contribution is 2.34. The first-order valence-electron chi connectivity index (χ1n) is 16.1. The average molecular weight is 707 g/mol. The molecule has 9 nitrogen and oxygen atoms in total. The third-order valence-electron chi connectivity index (χ3n) is 9.07. The second-order valence-electron chi connectivity index (χ2n) is 12.8. The van der Waals surface area contributed by atoms with Crippen LogP contribution in [0, 0.1) is 5.92 Å². The molecule has 2 saturated heterocycles. The fraction of sp³-hybridized carbons (Fsp3) is 0.471. The zero-order valence-electron chi connectivity index (χ0n) is 27.2. The molecule has 1 unspecified atom stereocenters. The molecule has 3 aromatic rings. The first-order valence-corrected chi connectivity index (χ1v) is 16.8. The lowest BCUT2D eigenvalue weighted by atomic mass is 9.95. The lowest BCUT2D eigenvalue weighted by Gasteiger charge is -2.37. The minimum Gasteiger partial charge on any atom is -0.383 e. The van der Waals surface area contributed by atoms with Crippen LogP contribution in [0.25, 0.3) is 11.3 Å². The lowest BCUT2D eigenvalue weighted by molar-refractivity contribution is -0.0884. The maximum atomic E-state index is 14.0. The molecule has 258 valence electrons. The standard InChI is InChI=1S/C34H40Cl2F3N7O2/c1-20(2)45-15-12-21(13-16-45)18-44(3)33(48)26-8-10-28(24-7-6-22(35)17-27(24)36)42-32(26)46-14-4-5-23(19-46)41-29-11-9-25(31(40)43-29)30(47)34(37,38)39/h6-11,17,20-21,23H,4-5,12-16,18-19H2,1-3H3,(H3,40,41,43). The maximum absolute atomic E-state index is 14.0. The third-order valence-corrected chi connectivity index (χ3v) is 9.62. The van der Waals surface area contributed by atoms with E-state index in [9.17, 15) is 22.8 Å². The van der Waals surface area contributed by atoms with Gasteiger partial charge in [-0.15, -0.1) is 0 Å². The number of carbonyl (C=O) groups excluding carboxylic acids is 2. The first-order chi connectivity index (χ1) is 22.7. The third kappa shape index (κ3) is 8.33. The summed E-state index contributed by atoms with van der Waals surface area (Å²) in [5, 5.41) is 4.16. The van der Waals surface area contributed by atoms with Crippen LogP contribution in [0.15, 0.2) is 42.5 Å². The number of ketones is 1. The molecular formula is C34H40Cl2F3N7O2. The molecule has 0 bridgehead atoms. The van der Waals surface area contributed by atoms with Crippen LogP contribution in [-0.2, 0) is 0 Å². The summed E-state index contributed by atoms with van der Waals surface area (Å²) in [5.74, 6) is -1.53. The zero-order chi connectivity index (χ0) is 34.7. The molecule has 1 amide bonds. The SMILES string of the molecule is CC(C)N1CCC(CN(C)C(=O)c2ccc(-c3ccc(Cl)cc3Cl)nc2N2CCCC(Nc3ccc(C(=O)C(F)(F)F)c(N)n3)C2)CC1. The summed E-state index contributed by atoms with van der Waals surface area (Å²) in [4.78, 5) is 41.0. The van der Waals surface area contributed by atoms with E-state index in [1.54, 1.807) is 35.2 Å². The number of pyridine rings is 2. The Morgan fingerprint density at radius 3 is 2.38 bits per heavy atom. The summed E-state index contributed by atoms with van der Waals surface area (Å²) < 4.78 is 38.9. The number of Topliss-reactive ketones (excluding diaryl/α,β-unsaturated/α-hetero) is 1. The van der Waals surface area contributed by atoms with Crippen LogP contribution in [0.4, 0.5) is 30.6 Å². The van der Waals surface area contributed by atoms with Gasteiger partial charge < -0.3 is 25.8 Å². The van der Waals surface area contributed by atoms with Crippen LogP contribution in [-0.4, -0.2) is 89.5 Å². The van der Waals surface area contributed by atoms with Crippen LogP contribution in [0.1, 0.15) is 60.2 Å².